The molecule has 2 amide bonds. The molecule has 3 unspecified atom stereocenters. The highest BCUT2D eigenvalue weighted by atomic mass is 32.2. The summed E-state index contributed by atoms with van der Waals surface area (Å²) in [4.78, 5) is 27.9. The fraction of sp³-hybridized carbons (Fsp3) is 0.296. The van der Waals surface area contributed by atoms with Gasteiger partial charge in [-0.2, -0.15) is 15.3 Å². The lowest BCUT2D eigenvalue weighted by molar-refractivity contribution is -0.139. The Morgan fingerprint density at radius 2 is 1.93 bits per heavy atom. The number of hydrogen-bond acceptors (Lipinski definition) is 7. The van der Waals surface area contributed by atoms with Crippen LogP contribution < -0.4 is 10.5 Å². The molecule has 2 aromatic carbocycles. The number of aromatic nitrogens is 4. The minimum atomic E-state index is -3.84. The highest BCUT2D eigenvalue weighted by molar-refractivity contribution is 7.89. The summed E-state index contributed by atoms with van der Waals surface area (Å²) < 4.78 is 39.4. The Hall–Kier alpha value is -4.23. The van der Waals surface area contributed by atoms with E-state index in [1.54, 1.807) is 29.3 Å². The molecule has 1 fully saturated rings. The highest BCUT2D eigenvalue weighted by Gasteiger charge is 2.41. The molecule has 1 aliphatic heterocycles. The van der Waals surface area contributed by atoms with E-state index in [1.807, 2.05) is 24.3 Å². The molecule has 0 bridgehead atoms. The first-order chi connectivity index (χ1) is 19.2. The zero-order valence-electron chi connectivity index (χ0n) is 21.3. The molecule has 0 radical (unpaired) electrons. The van der Waals surface area contributed by atoms with Gasteiger partial charge in [0.2, 0.25) is 21.8 Å². The predicted octanol–water partition coefficient (Wildman–Crippen LogP) is 1.88. The molecule has 0 spiro atoms. The summed E-state index contributed by atoms with van der Waals surface area (Å²) in [6.07, 6.45) is 4.64. The fourth-order valence-electron chi connectivity index (χ4n) is 5.57. The molecule has 1 saturated heterocycles. The minimum Gasteiger partial charge on any atom is -0.347 e. The Morgan fingerprint density at radius 1 is 1.07 bits per heavy atom. The van der Waals surface area contributed by atoms with Gasteiger partial charge < -0.3 is 10.2 Å². The molecule has 3 N–H and O–H groups in total. The quantitative estimate of drug-likeness (QED) is 0.363. The molecule has 206 valence electrons. The van der Waals surface area contributed by atoms with Gasteiger partial charge in [0.05, 0.1) is 41.6 Å². The SMILES string of the molecule is NS(=O)(=O)c1ccc2c(c1)CCC2NC(=O)C1CC(F)CN1C(=O)Cn1ncc2cc(-c3ccnnc3)ccc21. The van der Waals surface area contributed by atoms with E-state index in [-0.39, 0.29) is 30.4 Å². The lowest BCUT2D eigenvalue weighted by Gasteiger charge is -2.25. The largest absolute Gasteiger partial charge is 0.347 e. The number of aryl methyl sites for hydroxylation is 1. The molecular weight excluding hydrogens is 537 g/mol. The van der Waals surface area contributed by atoms with Gasteiger partial charge in [-0.05, 0) is 59.9 Å². The molecule has 40 heavy (non-hydrogen) atoms. The summed E-state index contributed by atoms with van der Waals surface area (Å²) in [7, 11) is -3.84. The highest BCUT2D eigenvalue weighted by Crippen LogP contribution is 2.33. The van der Waals surface area contributed by atoms with Crippen molar-refractivity contribution in [2.75, 3.05) is 6.54 Å². The number of nitrogens with two attached hydrogens (primary N) is 1. The first-order valence-electron chi connectivity index (χ1n) is 12.8. The Balaban J connectivity index is 1.16. The Labute approximate surface area is 229 Å². The van der Waals surface area contributed by atoms with Crippen LogP contribution in [-0.4, -0.2) is 63.9 Å². The maximum absolute atomic E-state index is 14.5. The van der Waals surface area contributed by atoms with Crippen molar-refractivity contribution in [3.05, 3.63) is 72.2 Å². The normalized spacial score (nSPS) is 20.6. The van der Waals surface area contributed by atoms with Crippen molar-refractivity contribution in [2.45, 2.75) is 49.0 Å². The number of nitrogens with zero attached hydrogens (tertiary/aromatic N) is 5. The lowest BCUT2D eigenvalue weighted by Crippen LogP contribution is -2.47. The topological polar surface area (TPSA) is 153 Å². The zero-order valence-corrected chi connectivity index (χ0v) is 22.1. The van der Waals surface area contributed by atoms with E-state index in [4.69, 9.17) is 5.14 Å². The maximum Gasteiger partial charge on any atom is 0.245 e. The lowest BCUT2D eigenvalue weighted by atomic mass is 10.1. The van der Waals surface area contributed by atoms with Gasteiger partial charge in [-0.25, -0.2) is 17.9 Å². The van der Waals surface area contributed by atoms with E-state index in [0.29, 0.717) is 12.8 Å². The number of hydrogen-bond donors (Lipinski definition) is 2. The van der Waals surface area contributed by atoms with Gasteiger partial charge in [0.15, 0.2) is 0 Å². The van der Waals surface area contributed by atoms with E-state index in [0.717, 1.165) is 33.2 Å². The first-order valence-corrected chi connectivity index (χ1v) is 14.3. The van der Waals surface area contributed by atoms with Crippen molar-refractivity contribution < 1.29 is 22.4 Å². The molecule has 2 aliphatic rings. The molecule has 2 aromatic heterocycles. The number of alkyl halides is 1. The monoisotopic (exact) mass is 563 g/mol. The van der Waals surface area contributed by atoms with Crippen LogP contribution in [0.15, 0.2) is 66.0 Å². The molecule has 4 aromatic rings. The van der Waals surface area contributed by atoms with Crippen LogP contribution >= 0.6 is 0 Å². The van der Waals surface area contributed by atoms with Crippen molar-refractivity contribution in [2.24, 2.45) is 5.14 Å². The third-order valence-corrected chi connectivity index (χ3v) is 8.47. The van der Waals surface area contributed by atoms with E-state index in [9.17, 15) is 22.4 Å². The number of rotatable bonds is 6. The van der Waals surface area contributed by atoms with Gasteiger partial charge in [-0.3, -0.25) is 14.3 Å². The van der Waals surface area contributed by atoms with Crippen LogP contribution in [0.5, 0.6) is 0 Å². The second-order valence-corrected chi connectivity index (χ2v) is 11.7. The van der Waals surface area contributed by atoms with Gasteiger partial charge in [0.25, 0.3) is 0 Å². The summed E-state index contributed by atoms with van der Waals surface area (Å²) in [6.45, 7) is -0.312. The summed E-state index contributed by atoms with van der Waals surface area (Å²) in [6, 6.07) is 10.8. The summed E-state index contributed by atoms with van der Waals surface area (Å²) in [5.74, 6) is -0.847. The molecule has 1 aliphatic carbocycles. The number of amides is 2. The second kappa shape index (κ2) is 10.1. The average molecular weight is 564 g/mol. The Morgan fingerprint density at radius 3 is 2.70 bits per heavy atom. The predicted molar refractivity (Wildman–Crippen MR) is 143 cm³/mol. The van der Waals surface area contributed by atoms with Crippen LogP contribution in [0, 0.1) is 0 Å². The van der Waals surface area contributed by atoms with E-state index >= 15 is 0 Å². The van der Waals surface area contributed by atoms with Crippen molar-refractivity contribution in [3.8, 4) is 11.1 Å². The van der Waals surface area contributed by atoms with Crippen molar-refractivity contribution in [1.29, 1.82) is 0 Å². The van der Waals surface area contributed by atoms with Crippen molar-refractivity contribution in [1.82, 2.24) is 30.2 Å². The third kappa shape index (κ3) is 4.93. The number of fused-ring (bicyclic) bond motifs is 2. The van der Waals surface area contributed by atoms with Crippen LogP contribution in [-0.2, 0) is 32.6 Å². The number of carbonyl (C=O) groups excluding carboxylic acids is 2. The van der Waals surface area contributed by atoms with E-state index in [1.165, 1.54) is 17.0 Å². The number of carbonyl (C=O) groups is 2. The Bertz CT molecular complexity index is 1730. The third-order valence-electron chi connectivity index (χ3n) is 7.55. The number of likely N-dealkylation sites (tertiary alicyclic amines) is 1. The van der Waals surface area contributed by atoms with Crippen LogP contribution in [0.4, 0.5) is 4.39 Å². The molecule has 3 atom stereocenters. The minimum absolute atomic E-state index is 0.0165. The van der Waals surface area contributed by atoms with Gasteiger partial charge in [0.1, 0.15) is 18.8 Å². The number of primary sulfonamides is 1. The zero-order chi connectivity index (χ0) is 28.0. The standard InChI is InChI=1S/C27H26FN7O4S/c28-20-11-25(27(37)33-23-5-1-17-10-21(40(29,38)39)3-4-22(17)23)34(14-20)26(36)15-35-24-6-2-16(9-19(24)13-32-35)18-7-8-30-31-12-18/h2-4,6-10,12-13,20,23,25H,1,5,11,14-15H2,(H,33,37)(H2,29,38,39). The van der Waals surface area contributed by atoms with E-state index in [2.05, 4.69) is 20.6 Å². The number of halogens is 1. The van der Waals surface area contributed by atoms with Crippen molar-refractivity contribution in [3.63, 3.8) is 0 Å². The van der Waals surface area contributed by atoms with E-state index < -0.39 is 34.1 Å². The van der Waals surface area contributed by atoms with Crippen LogP contribution in [0.3, 0.4) is 0 Å². The second-order valence-electron chi connectivity index (χ2n) is 10.1. The van der Waals surface area contributed by atoms with Crippen LogP contribution in [0.1, 0.15) is 30.0 Å². The molecule has 11 nitrogen and oxygen atoms in total. The number of sulfonamides is 1. The molecule has 3 heterocycles. The van der Waals surface area contributed by atoms with Gasteiger partial charge in [-0.1, -0.05) is 12.1 Å². The first kappa shape index (κ1) is 26.0. The summed E-state index contributed by atoms with van der Waals surface area (Å²) in [5, 5.41) is 21.1. The van der Waals surface area contributed by atoms with Crippen molar-refractivity contribution >= 4 is 32.7 Å². The average Bonchev–Trinajstić information content (AvgIpc) is 3.65. The Kier molecular flexibility index (Phi) is 6.55. The maximum atomic E-state index is 14.5. The van der Waals surface area contributed by atoms with Crippen LogP contribution in [0.2, 0.25) is 0 Å². The smallest absolute Gasteiger partial charge is 0.245 e. The fourth-order valence-corrected chi connectivity index (χ4v) is 6.13. The summed E-state index contributed by atoms with van der Waals surface area (Å²) in [5.41, 5.74) is 4.14. The molecule has 0 saturated carbocycles. The molecule has 13 heteroatoms. The summed E-state index contributed by atoms with van der Waals surface area (Å²) >= 11 is 0. The van der Waals surface area contributed by atoms with Gasteiger partial charge >= 0.3 is 0 Å². The number of nitrogens with one attached hydrogen (secondary N) is 1. The molecule has 6 rings (SSSR count). The molecular formula is C27H26FN7O4S. The van der Waals surface area contributed by atoms with Crippen LogP contribution in [0.25, 0.3) is 22.0 Å². The van der Waals surface area contributed by atoms with Gasteiger partial charge in [0, 0.05) is 17.4 Å². The number of benzene rings is 2. The van der Waals surface area contributed by atoms with Gasteiger partial charge in [-0.15, -0.1) is 0 Å².